The van der Waals surface area contributed by atoms with Crippen molar-refractivity contribution in [2.75, 3.05) is 6.54 Å². The standard InChI is InChI=1S/C13H15BrClNO/c1-13(2)6-3-7-16(13)12(17)10-8-9(14)4-5-11(10)15/h4-5,8H,3,6-7H2,1-2H3. The van der Waals surface area contributed by atoms with Crippen LogP contribution in [0.1, 0.15) is 37.0 Å². The molecule has 1 heterocycles. The summed E-state index contributed by atoms with van der Waals surface area (Å²) >= 11 is 9.47. The molecule has 0 aromatic heterocycles. The van der Waals surface area contributed by atoms with E-state index in [9.17, 15) is 4.79 Å². The third kappa shape index (κ3) is 2.50. The average molecular weight is 317 g/mol. The molecule has 1 aromatic carbocycles. The zero-order valence-electron chi connectivity index (χ0n) is 9.96. The van der Waals surface area contributed by atoms with E-state index in [-0.39, 0.29) is 11.4 Å². The smallest absolute Gasteiger partial charge is 0.255 e. The van der Waals surface area contributed by atoms with Crippen molar-refractivity contribution in [2.45, 2.75) is 32.2 Å². The van der Waals surface area contributed by atoms with Gasteiger partial charge in [-0.2, -0.15) is 0 Å². The third-order valence-corrected chi connectivity index (χ3v) is 4.13. The van der Waals surface area contributed by atoms with Gasteiger partial charge in [-0.15, -0.1) is 0 Å². The van der Waals surface area contributed by atoms with E-state index in [2.05, 4.69) is 29.8 Å². The van der Waals surface area contributed by atoms with Crippen LogP contribution in [0.15, 0.2) is 22.7 Å². The van der Waals surface area contributed by atoms with Crippen molar-refractivity contribution in [3.63, 3.8) is 0 Å². The van der Waals surface area contributed by atoms with Crippen LogP contribution in [0.2, 0.25) is 5.02 Å². The normalized spacial score (nSPS) is 18.5. The van der Waals surface area contributed by atoms with Crippen LogP contribution in [0.5, 0.6) is 0 Å². The fraction of sp³-hybridized carbons (Fsp3) is 0.462. The number of hydrogen-bond acceptors (Lipinski definition) is 1. The number of amides is 1. The number of carbonyl (C=O) groups excluding carboxylic acids is 1. The van der Waals surface area contributed by atoms with Crippen molar-refractivity contribution in [1.82, 2.24) is 4.90 Å². The maximum absolute atomic E-state index is 12.5. The summed E-state index contributed by atoms with van der Waals surface area (Å²) in [5, 5.41) is 0.515. The maximum atomic E-state index is 12.5. The van der Waals surface area contributed by atoms with Crippen molar-refractivity contribution in [3.05, 3.63) is 33.3 Å². The molecule has 17 heavy (non-hydrogen) atoms. The van der Waals surface area contributed by atoms with Gasteiger partial charge in [-0.1, -0.05) is 27.5 Å². The number of benzene rings is 1. The lowest BCUT2D eigenvalue weighted by Crippen LogP contribution is -2.42. The molecule has 2 rings (SSSR count). The molecule has 0 saturated carbocycles. The fourth-order valence-corrected chi connectivity index (χ4v) is 2.85. The molecule has 1 amide bonds. The summed E-state index contributed by atoms with van der Waals surface area (Å²) in [7, 11) is 0. The van der Waals surface area contributed by atoms with Gasteiger partial charge in [-0.3, -0.25) is 4.79 Å². The molecule has 0 bridgehead atoms. The van der Waals surface area contributed by atoms with Crippen LogP contribution in [0, 0.1) is 0 Å². The second kappa shape index (κ2) is 4.62. The lowest BCUT2D eigenvalue weighted by Gasteiger charge is -2.32. The summed E-state index contributed by atoms with van der Waals surface area (Å²) in [4.78, 5) is 14.4. The first-order valence-electron chi connectivity index (χ1n) is 5.69. The number of likely N-dealkylation sites (tertiary alicyclic amines) is 1. The summed E-state index contributed by atoms with van der Waals surface area (Å²) < 4.78 is 0.877. The lowest BCUT2D eigenvalue weighted by molar-refractivity contribution is 0.0652. The second-order valence-electron chi connectivity index (χ2n) is 5.00. The predicted octanol–water partition coefficient (Wildman–Crippen LogP) is 4.12. The summed E-state index contributed by atoms with van der Waals surface area (Å²) in [6.07, 6.45) is 2.11. The summed E-state index contributed by atoms with van der Waals surface area (Å²) in [6, 6.07) is 5.38. The Balaban J connectivity index is 2.34. The predicted molar refractivity (Wildman–Crippen MR) is 73.5 cm³/mol. The van der Waals surface area contributed by atoms with E-state index < -0.39 is 0 Å². The molecule has 0 spiro atoms. The molecule has 2 nitrogen and oxygen atoms in total. The zero-order valence-corrected chi connectivity index (χ0v) is 12.3. The second-order valence-corrected chi connectivity index (χ2v) is 6.32. The third-order valence-electron chi connectivity index (χ3n) is 3.30. The molecule has 1 aliphatic rings. The number of halogens is 2. The summed E-state index contributed by atoms with van der Waals surface area (Å²) in [5.41, 5.74) is 0.513. The quantitative estimate of drug-likeness (QED) is 0.763. The van der Waals surface area contributed by atoms with Crippen LogP contribution < -0.4 is 0 Å². The molecule has 1 saturated heterocycles. The Morgan fingerprint density at radius 1 is 1.47 bits per heavy atom. The first-order valence-corrected chi connectivity index (χ1v) is 6.86. The van der Waals surface area contributed by atoms with Crippen molar-refractivity contribution >= 4 is 33.4 Å². The van der Waals surface area contributed by atoms with Crippen LogP contribution in [-0.2, 0) is 0 Å². The van der Waals surface area contributed by atoms with Gasteiger partial charge in [0.25, 0.3) is 5.91 Å². The zero-order chi connectivity index (χ0) is 12.6. The van der Waals surface area contributed by atoms with Gasteiger partial charge < -0.3 is 4.90 Å². The van der Waals surface area contributed by atoms with E-state index in [0.29, 0.717) is 10.6 Å². The van der Waals surface area contributed by atoms with Gasteiger partial charge in [0, 0.05) is 16.6 Å². The highest BCUT2D eigenvalue weighted by atomic mass is 79.9. The van der Waals surface area contributed by atoms with Crippen molar-refractivity contribution < 1.29 is 4.79 Å². The number of rotatable bonds is 1. The molecule has 0 unspecified atom stereocenters. The minimum atomic E-state index is -0.0667. The molecule has 0 radical (unpaired) electrons. The van der Waals surface area contributed by atoms with Crippen LogP contribution in [0.3, 0.4) is 0 Å². The van der Waals surface area contributed by atoms with Gasteiger partial charge in [0.2, 0.25) is 0 Å². The van der Waals surface area contributed by atoms with E-state index in [0.717, 1.165) is 23.9 Å². The first-order chi connectivity index (χ1) is 7.92. The molecular formula is C13H15BrClNO. The monoisotopic (exact) mass is 315 g/mol. The summed E-state index contributed by atoms with van der Waals surface area (Å²) in [6.45, 7) is 5.02. The number of carbonyl (C=O) groups is 1. The molecule has 4 heteroatoms. The van der Waals surface area contributed by atoms with E-state index in [1.54, 1.807) is 12.1 Å². The molecule has 0 atom stereocenters. The van der Waals surface area contributed by atoms with E-state index in [4.69, 9.17) is 11.6 Å². The van der Waals surface area contributed by atoms with E-state index in [1.165, 1.54) is 0 Å². The van der Waals surface area contributed by atoms with Crippen LogP contribution in [0.25, 0.3) is 0 Å². The van der Waals surface area contributed by atoms with Gasteiger partial charge in [0.05, 0.1) is 10.6 Å². The van der Waals surface area contributed by atoms with Gasteiger partial charge in [-0.25, -0.2) is 0 Å². The van der Waals surface area contributed by atoms with E-state index in [1.807, 2.05) is 11.0 Å². The highest BCUT2D eigenvalue weighted by Crippen LogP contribution is 2.32. The Morgan fingerprint density at radius 2 is 2.18 bits per heavy atom. The minimum Gasteiger partial charge on any atom is -0.333 e. The molecule has 0 N–H and O–H groups in total. The summed E-state index contributed by atoms with van der Waals surface area (Å²) in [5.74, 6) is 0.0267. The molecule has 1 aromatic rings. The molecule has 0 aliphatic carbocycles. The van der Waals surface area contributed by atoms with Gasteiger partial charge in [0.1, 0.15) is 0 Å². The molecule has 92 valence electrons. The van der Waals surface area contributed by atoms with E-state index >= 15 is 0 Å². The largest absolute Gasteiger partial charge is 0.333 e. The Hall–Kier alpha value is -0.540. The van der Waals surface area contributed by atoms with Gasteiger partial charge >= 0.3 is 0 Å². The van der Waals surface area contributed by atoms with Crippen molar-refractivity contribution in [2.24, 2.45) is 0 Å². The highest BCUT2D eigenvalue weighted by Gasteiger charge is 2.36. The van der Waals surface area contributed by atoms with Gasteiger partial charge in [0.15, 0.2) is 0 Å². The topological polar surface area (TPSA) is 20.3 Å². The average Bonchev–Trinajstić information content (AvgIpc) is 2.61. The Labute approximate surface area is 115 Å². The SMILES string of the molecule is CC1(C)CCCN1C(=O)c1cc(Br)ccc1Cl. The lowest BCUT2D eigenvalue weighted by atomic mass is 10.0. The molecular weight excluding hydrogens is 302 g/mol. The maximum Gasteiger partial charge on any atom is 0.255 e. The Morgan fingerprint density at radius 3 is 2.76 bits per heavy atom. The fourth-order valence-electron chi connectivity index (χ4n) is 2.29. The first kappa shape index (κ1) is 12.9. The van der Waals surface area contributed by atoms with Gasteiger partial charge in [-0.05, 0) is 44.9 Å². The van der Waals surface area contributed by atoms with Crippen LogP contribution in [0.4, 0.5) is 0 Å². The number of hydrogen-bond donors (Lipinski definition) is 0. The van der Waals surface area contributed by atoms with Crippen molar-refractivity contribution in [1.29, 1.82) is 0 Å². The van der Waals surface area contributed by atoms with Crippen LogP contribution >= 0.6 is 27.5 Å². The van der Waals surface area contributed by atoms with Crippen molar-refractivity contribution in [3.8, 4) is 0 Å². The minimum absolute atomic E-state index is 0.0267. The highest BCUT2D eigenvalue weighted by molar-refractivity contribution is 9.10. The number of nitrogens with zero attached hydrogens (tertiary/aromatic N) is 1. The Bertz CT molecular complexity index is 459. The van der Waals surface area contributed by atoms with Crippen LogP contribution in [-0.4, -0.2) is 22.9 Å². The Kier molecular flexibility index (Phi) is 3.50. The molecule has 1 fully saturated rings. The molecule has 1 aliphatic heterocycles.